The highest BCUT2D eigenvalue weighted by atomic mass is 35.5. The predicted octanol–water partition coefficient (Wildman–Crippen LogP) is 3.74. The molecular formula is C19H11ClN8O. The molecule has 0 atom stereocenters. The number of para-hydroxylation sites is 3. The second-order valence-corrected chi connectivity index (χ2v) is 6.86. The Bertz CT molecular complexity index is 1510. The Morgan fingerprint density at radius 1 is 0.931 bits per heavy atom. The van der Waals surface area contributed by atoms with E-state index in [0.717, 1.165) is 11.0 Å². The van der Waals surface area contributed by atoms with E-state index in [4.69, 9.17) is 22.0 Å². The molecule has 10 heteroatoms. The lowest BCUT2D eigenvalue weighted by Gasteiger charge is -2.09. The number of H-pyrrole nitrogens is 1. The predicted molar refractivity (Wildman–Crippen MR) is 109 cm³/mol. The van der Waals surface area contributed by atoms with Crippen LogP contribution < -0.4 is 5.73 Å². The highest BCUT2D eigenvalue weighted by Gasteiger charge is 2.25. The van der Waals surface area contributed by atoms with Crippen LogP contribution in [0.4, 0.5) is 5.82 Å². The number of nitrogen functional groups attached to an aromatic ring is 1. The van der Waals surface area contributed by atoms with Crippen molar-refractivity contribution >= 4 is 50.9 Å². The number of anilines is 1. The van der Waals surface area contributed by atoms with E-state index in [1.807, 2.05) is 42.5 Å². The maximum atomic E-state index is 6.60. The third-order valence-electron chi connectivity index (χ3n) is 4.76. The number of hydrogen-bond donors (Lipinski definition) is 2. The van der Waals surface area contributed by atoms with Gasteiger partial charge in [-0.05, 0) is 34.6 Å². The first-order chi connectivity index (χ1) is 14.2. The molecule has 0 aliphatic carbocycles. The first kappa shape index (κ1) is 16.0. The third-order valence-corrected chi connectivity index (χ3v) is 5.08. The van der Waals surface area contributed by atoms with Crippen molar-refractivity contribution in [1.29, 1.82) is 0 Å². The second kappa shape index (κ2) is 5.76. The van der Waals surface area contributed by atoms with Crippen LogP contribution in [0.5, 0.6) is 0 Å². The number of rotatable bonds is 2. The molecule has 6 rings (SSSR count). The Kier molecular flexibility index (Phi) is 3.18. The van der Waals surface area contributed by atoms with Crippen molar-refractivity contribution in [3.05, 3.63) is 53.6 Å². The van der Waals surface area contributed by atoms with Crippen molar-refractivity contribution in [2.75, 3.05) is 5.73 Å². The van der Waals surface area contributed by atoms with E-state index in [2.05, 4.69) is 30.2 Å². The number of nitrogens with zero attached hydrogens (tertiary/aromatic N) is 6. The molecule has 0 aliphatic heterocycles. The molecule has 4 aromatic heterocycles. The fourth-order valence-corrected chi connectivity index (χ4v) is 3.70. The van der Waals surface area contributed by atoms with Gasteiger partial charge < -0.3 is 10.7 Å². The molecule has 0 aliphatic rings. The van der Waals surface area contributed by atoms with Gasteiger partial charge in [0.25, 0.3) is 0 Å². The van der Waals surface area contributed by atoms with Gasteiger partial charge >= 0.3 is 0 Å². The number of nitrogens with one attached hydrogen (secondary N) is 1. The topological polar surface area (TPSA) is 124 Å². The molecule has 0 unspecified atom stereocenters. The molecule has 29 heavy (non-hydrogen) atoms. The molecule has 140 valence electrons. The normalized spacial score (nSPS) is 11.8. The molecule has 0 fully saturated rings. The molecule has 3 N–H and O–H groups in total. The first-order valence-electron chi connectivity index (χ1n) is 8.71. The number of imidazole rings is 1. The van der Waals surface area contributed by atoms with E-state index in [1.165, 1.54) is 0 Å². The van der Waals surface area contributed by atoms with Crippen LogP contribution in [0.15, 0.2) is 53.2 Å². The van der Waals surface area contributed by atoms with Crippen LogP contribution >= 0.6 is 11.6 Å². The summed E-state index contributed by atoms with van der Waals surface area (Å²) in [7, 11) is 0. The summed E-state index contributed by atoms with van der Waals surface area (Å²) in [6.45, 7) is 0. The van der Waals surface area contributed by atoms with E-state index < -0.39 is 0 Å². The van der Waals surface area contributed by atoms with Gasteiger partial charge in [0, 0.05) is 0 Å². The maximum Gasteiger partial charge on any atom is 0.245 e. The minimum absolute atomic E-state index is 0.277. The Hall–Kier alpha value is -3.98. The van der Waals surface area contributed by atoms with Gasteiger partial charge in [0.05, 0.1) is 27.3 Å². The van der Waals surface area contributed by atoms with E-state index in [-0.39, 0.29) is 11.3 Å². The zero-order chi connectivity index (χ0) is 19.5. The van der Waals surface area contributed by atoms with Gasteiger partial charge in [0.2, 0.25) is 11.3 Å². The standard InChI is InChI=1S/C19H11ClN8O/c20-9-5-1-4-8-12(9)28-15(21)13(16-22-10-6-2-3-7-11(10)23-16)14-19(28)25-18-17(24-14)26-29-27-18/h1-8H,21H2,(H,22,23). The quantitative estimate of drug-likeness (QED) is 0.452. The van der Waals surface area contributed by atoms with Gasteiger partial charge in [-0.2, -0.15) is 0 Å². The Labute approximate surface area is 167 Å². The number of benzene rings is 2. The summed E-state index contributed by atoms with van der Waals surface area (Å²) in [6, 6.07) is 15.1. The molecule has 0 bridgehead atoms. The number of hydrogen-bond acceptors (Lipinski definition) is 7. The fraction of sp³-hybridized carbons (Fsp3) is 0. The van der Waals surface area contributed by atoms with Crippen molar-refractivity contribution < 1.29 is 4.63 Å². The number of nitrogens with two attached hydrogens (primary N) is 1. The van der Waals surface area contributed by atoms with Crippen LogP contribution in [0.1, 0.15) is 0 Å². The first-order valence-corrected chi connectivity index (χ1v) is 9.09. The lowest BCUT2D eigenvalue weighted by Crippen LogP contribution is -2.02. The monoisotopic (exact) mass is 402 g/mol. The molecule has 9 nitrogen and oxygen atoms in total. The summed E-state index contributed by atoms with van der Waals surface area (Å²) < 4.78 is 6.52. The van der Waals surface area contributed by atoms with Gasteiger partial charge in [-0.25, -0.2) is 19.6 Å². The maximum absolute atomic E-state index is 6.60. The molecule has 2 aromatic carbocycles. The van der Waals surface area contributed by atoms with Crippen LogP contribution in [0, 0.1) is 0 Å². The fourth-order valence-electron chi connectivity index (χ4n) is 3.48. The van der Waals surface area contributed by atoms with E-state index in [0.29, 0.717) is 39.1 Å². The summed E-state index contributed by atoms with van der Waals surface area (Å²) in [5, 5.41) is 8.13. The van der Waals surface area contributed by atoms with Crippen molar-refractivity contribution in [1.82, 2.24) is 34.8 Å². The Morgan fingerprint density at radius 3 is 2.52 bits per heavy atom. The van der Waals surface area contributed by atoms with Crippen LogP contribution in [-0.4, -0.2) is 34.8 Å². The van der Waals surface area contributed by atoms with Crippen LogP contribution in [0.25, 0.3) is 50.6 Å². The third kappa shape index (κ3) is 2.25. The average Bonchev–Trinajstić information content (AvgIpc) is 3.41. The Balaban J connectivity index is 1.76. The number of aromatic nitrogens is 7. The molecular weight excluding hydrogens is 392 g/mol. The highest BCUT2D eigenvalue weighted by molar-refractivity contribution is 6.32. The smallest absolute Gasteiger partial charge is 0.245 e. The number of fused-ring (bicyclic) bond motifs is 3. The summed E-state index contributed by atoms with van der Waals surface area (Å²) in [5.74, 6) is 0.973. The van der Waals surface area contributed by atoms with Gasteiger partial charge in [0.1, 0.15) is 17.2 Å². The van der Waals surface area contributed by atoms with Crippen LogP contribution in [-0.2, 0) is 0 Å². The second-order valence-electron chi connectivity index (χ2n) is 6.46. The lowest BCUT2D eigenvalue weighted by molar-refractivity contribution is 0.314. The summed E-state index contributed by atoms with van der Waals surface area (Å²) in [4.78, 5) is 17.1. The van der Waals surface area contributed by atoms with Gasteiger partial charge in [-0.1, -0.05) is 35.9 Å². The Morgan fingerprint density at radius 2 is 1.69 bits per heavy atom. The molecule has 0 amide bonds. The average molecular weight is 403 g/mol. The van der Waals surface area contributed by atoms with Gasteiger partial charge in [-0.3, -0.25) is 4.57 Å². The van der Waals surface area contributed by atoms with Crippen molar-refractivity contribution in [2.24, 2.45) is 0 Å². The van der Waals surface area contributed by atoms with Crippen LogP contribution in [0.3, 0.4) is 0 Å². The van der Waals surface area contributed by atoms with Crippen molar-refractivity contribution in [2.45, 2.75) is 0 Å². The van der Waals surface area contributed by atoms with Gasteiger partial charge in [-0.15, -0.1) is 0 Å². The van der Waals surface area contributed by atoms with E-state index >= 15 is 0 Å². The summed E-state index contributed by atoms with van der Waals surface area (Å²) in [6.07, 6.45) is 0. The molecule has 4 heterocycles. The number of halogens is 1. The molecule has 0 radical (unpaired) electrons. The number of aromatic amines is 1. The largest absolute Gasteiger partial charge is 0.384 e. The van der Waals surface area contributed by atoms with E-state index in [1.54, 1.807) is 10.6 Å². The molecule has 0 saturated carbocycles. The highest BCUT2D eigenvalue weighted by Crippen LogP contribution is 2.38. The minimum Gasteiger partial charge on any atom is -0.384 e. The van der Waals surface area contributed by atoms with Crippen LogP contribution in [0.2, 0.25) is 5.02 Å². The zero-order valence-electron chi connectivity index (χ0n) is 14.7. The zero-order valence-corrected chi connectivity index (χ0v) is 15.4. The van der Waals surface area contributed by atoms with E-state index in [9.17, 15) is 0 Å². The minimum atomic E-state index is 0.277. The molecule has 0 spiro atoms. The van der Waals surface area contributed by atoms with Crippen molar-refractivity contribution in [3.8, 4) is 17.1 Å². The summed E-state index contributed by atoms with van der Waals surface area (Å²) in [5.41, 5.74) is 11.1. The lowest BCUT2D eigenvalue weighted by atomic mass is 10.2. The van der Waals surface area contributed by atoms with Gasteiger partial charge in [0.15, 0.2) is 5.65 Å². The van der Waals surface area contributed by atoms with Crippen molar-refractivity contribution in [3.63, 3.8) is 0 Å². The SMILES string of the molecule is Nc1c(-c2nc3ccccc3[nH]2)c2nc3nonc3nc2n1-c1ccccc1Cl. The molecule has 6 aromatic rings. The summed E-state index contributed by atoms with van der Waals surface area (Å²) >= 11 is 6.45. The molecule has 0 saturated heterocycles.